The van der Waals surface area contributed by atoms with Gasteiger partial charge in [0, 0.05) is 31.9 Å². The molecule has 172 valence electrons. The number of sulfonamides is 1. The van der Waals surface area contributed by atoms with Crippen molar-refractivity contribution >= 4 is 21.6 Å². The van der Waals surface area contributed by atoms with Crippen LogP contribution in [0.5, 0.6) is 0 Å². The molecule has 0 saturated carbocycles. The molecule has 0 spiro atoms. The van der Waals surface area contributed by atoms with E-state index in [2.05, 4.69) is 10.2 Å². The van der Waals surface area contributed by atoms with Crippen LogP contribution in [0.3, 0.4) is 0 Å². The molecule has 8 heteroatoms. The molecule has 2 aromatic carbocycles. The molecule has 0 bridgehead atoms. The van der Waals surface area contributed by atoms with Crippen LogP contribution in [0.4, 0.5) is 10.1 Å². The number of benzene rings is 2. The van der Waals surface area contributed by atoms with E-state index < -0.39 is 10.0 Å². The predicted octanol–water partition coefficient (Wildman–Crippen LogP) is 3.85. The fourth-order valence-electron chi connectivity index (χ4n) is 4.54. The van der Waals surface area contributed by atoms with Crippen LogP contribution in [0, 0.1) is 11.7 Å². The van der Waals surface area contributed by atoms with Crippen LogP contribution in [0.2, 0.25) is 0 Å². The van der Waals surface area contributed by atoms with Crippen LogP contribution in [-0.4, -0.2) is 49.7 Å². The van der Waals surface area contributed by atoms with Crippen molar-refractivity contribution in [2.75, 3.05) is 31.5 Å². The second-order valence-electron chi connectivity index (χ2n) is 8.69. The van der Waals surface area contributed by atoms with Crippen molar-refractivity contribution in [3.63, 3.8) is 0 Å². The average Bonchev–Trinajstić information content (AvgIpc) is 2.80. The van der Waals surface area contributed by atoms with E-state index >= 15 is 0 Å². The lowest BCUT2D eigenvalue weighted by Gasteiger charge is -2.32. The highest BCUT2D eigenvalue weighted by atomic mass is 32.2. The molecule has 2 fully saturated rings. The SMILES string of the molecule is O=C(Nc1cccc(S(=O)(=O)N2CCCCC2)c1)C1CCCN(Cc2cccc(F)c2)C1. The molecule has 1 amide bonds. The van der Waals surface area contributed by atoms with E-state index in [4.69, 9.17) is 0 Å². The Morgan fingerprint density at radius 2 is 1.78 bits per heavy atom. The van der Waals surface area contributed by atoms with Gasteiger partial charge in [0.05, 0.1) is 10.8 Å². The number of carbonyl (C=O) groups is 1. The van der Waals surface area contributed by atoms with Gasteiger partial charge >= 0.3 is 0 Å². The lowest BCUT2D eigenvalue weighted by Crippen LogP contribution is -2.40. The van der Waals surface area contributed by atoms with Crippen LogP contribution in [-0.2, 0) is 21.4 Å². The van der Waals surface area contributed by atoms with Crippen molar-refractivity contribution in [2.45, 2.75) is 43.5 Å². The number of amides is 1. The molecule has 1 unspecified atom stereocenters. The maximum absolute atomic E-state index is 13.5. The molecule has 6 nitrogen and oxygen atoms in total. The van der Waals surface area contributed by atoms with E-state index in [1.54, 1.807) is 30.3 Å². The van der Waals surface area contributed by atoms with Crippen molar-refractivity contribution in [3.8, 4) is 0 Å². The molecule has 2 aliphatic rings. The molecular formula is C24H30FN3O3S. The van der Waals surface area contributed by atoms with Gasteiger partial charge in [0.25, 0.3) is 0 Å². The molecule has 4 rings (SSSR count). The number of carbonyl (C=O) groups excluding carboxylic acids is 1. The van der Waals surface area contributed by atoms with E-state index in [0.29, 0.717) is 31.9 Å². The van der Waals surface area contributed by atoms with Crippen LogP contribution in [0.15, 0.2) is 53.4 Å². The Bertz CT molecular complexity index is 1050. The van der Waals surface area contributed by atoms with Crippen molar-refractivity contribution in [3.05, 3.63) is 59.9 Å². The summed E-state index contributed by atoms with van der Waals surface area (Å²) < 4.78 is 40.9. The Balaban J connectivity index is 1.39. The smallest absolute Gasteiger partial charge is 0.243 e. The minimum atomic E-state index is -3.55. The number of rotatable bonds is 6. The van der Waals surface area contributed by atoms with Gasteiger partial charge in [-0.2, -0.15) is 4.31 Å². The first kappa shape index (κ1) is 22.9. The molecule has 0 aliphatic carbocycles. The zero-order chi connectivity index (χ0) is 22.6. The summed E-state index contributed by atoms with van der Waals surface area (Å²) in [5.41, 5.74) is 1.39. The molecule has 2 heterocycles. The highest BCUT2D eigenvalue weighted by Crippen LogP contribution is 2.25. The van der Waals surface area contributed by atoms with Gasteiger partial charge in [-0.1, -0.05) is 24.6 Å². The highest BCUT2D eigenvalue weighted by molar-refractivity contribution is 7.89. The maximum Gasteiger partial charge on any atom is 0.243 e. The molecular weight excluding hydrogens is 429 g/mol. The third kappa shape index (κ3) is 5.54. The Morgan fingerprint density at radius 1 is 1.00 bits per heavy atom. The average molecular weight is 460 g/mol. The van der Waals surface area contributed by atoms with Gasteiger partial charge in [-0.25, -0.2) is 12.8 Å². The second-order valence-corrected chi connectivity index (χ2v) is 10.6. The Labute approximate surface area is 189 Å². The summed E-state index contributed by atoms with van der Waals surface area (Å²) in [5, 5.41) is 2.91. The largest absolute Gasteiger partial charge is 0.326 e. The Kier molecular flexibility index (Phi) is 7.23. The zero-order valence-electron chi connectivity index (χ0n) is 18.2. The van der Waals surface area contributed by atoms with Crippen LogP contribution in [0.1, 0.15) is 37.7 Å². The summed E-state index contributed by atoms with van der Waals surface area (Å²) in [4.78, 5) is 15.3. The van der Waals surface area contributed by atoms with Crippen molar-refractivity contribution in [1.29, 1.82) is 0 Å². The monoisotopic (exact) mass is 459 g/mol. The molecule has 2 saturated heterocycles. The first-order valence-corrected chi connectivity index (χ1v) is 12.7. The van der Waals surface area contributed by atoms with E-state index in [-0.39, 0.29) is 22.5 Å². The van der Waals surface area contributed by atoms with Gasteiger partial charge in [-0.15, -0.1) is 0 Å². The maximum atomic E-state index is 13.5. The van der Waals surface area contributed by atoms with Crippen molar-refractivity contribution < 1.29 is 17.6 Å². The minimum absolute atomic E-state index is 0.110. The summed E-state index contributed by atoms with van der Waals surface area (Å²) >= 11 is 0. The van der Waals surface area contributed by atoms with Gasteiger partial charge in [0.2, 0.25) is 15.9 Å². The normalized spacial score (nSPS) is 20.7. The number of anilines is 1. The number of hydrogen-bond acceptors (Lipinski definition) is 4. The summed E-state index contributed by atoms with van der Waals surface area (Å²) in [7, 11) is -3.55. The summed E-state index contributed by atoms with van der Waals surface area (Å²) in [5.74, 6) is -0.561. The fourth-order valence-corrected chi connectivity index (χ4v) is 6.10. The van der Waals surface area contributed by atoms with Gasteiger partial charge in [0.15, 0.2) is 0 Å². The highest BCUT2D eigenvalue weighted by Gasteiger charge is 2.28. The number of nitrogens with one attached hydrogen (secondary N) is 1. The van der Waals surface area contributed by atoms with E-state index in [1.807, 2.05) is 6.07 Å². The van der Waals surface area contributed by atoms with Gasteiger partial charge in [-0.05, 0) is 68.1 Å². The second kappa shape index (κ2) is 10.1. The molecule has 1 N–H and O–H groups in total. The first-order valence-electron chi connectivity index (χ1n) is 11.3. The number of hydrogen-bond donors (Lipinski definition) is 1. The van der Waals surface area contributed by atoms with Crippen molar-refractivity contribution in [2.24, 2.45) is 5.92 Å². The van der Waals surface area contributed by atoms with Gasteiger partial charge in [-0.3, -0.25) is 9.69 Å². The minimum Gasteiger partial charge on any atom is -0.326 e. The summed E-state index contributed by atoms with van der Waals surface area (Å²) in [6, 6.07) is 13.1. The number of halogens is 1. The molecule has 1 atom stereocenters. The number of piperidine rings is 2. The lowest BCUT2D eigenvalue weighted by atomic mass is 9.96. The molecule has 0 aromatic heterocycles. The number of likely N-dealkylation sites (tertiary alicyclic amines) is 1. The quantitative estimate of drug-likeness (QED) is 0.712. The predicted molar refractivity (Wildman–Crippen MR) is 122 cm³/mol. The van der Waals surface area contributed by atoms with E-state index in [0.717, 1.165) is 44.2 Å². The Morgan fingerprint density at radius 3 is 2.56 bits per heavy atom. The fraction of sp³-hybridized carbons (Fsp3) is 0.458. The number of nitrogens with zero attached hydrogens (tertiary/aromatic N) is 2. The zero-order valence-corrected chi connectivity index (χ0v) is 19.0. The summed E-state index contributed by atoms with van der Waals surface area (Å²) in [6.07, 6.45) is 4.47. The topological polar surface area (TPSA) is 69.7 Å². The van der Waals surface area contributed by atoms with Gasteiger partial charge in [0.1, 0.15) is 5.82 Å². The Hall–Kier alpha value is -2.29. The van der Waals surface area contributed by atoms with Crippen LogP contribution < -0.4 is 5.32 Å². The lowest BCUT2D eigenvalue weighted by molar-refractivity contribution is -0.121. The van der Waals surface area contributed by atoms with E-state index in [9.17, 15) is 17.6 Å². The molecule has 2 aliphatic heterocycles. The van der Waals surface area contributed by atoms with Crippen LogP contribution >= 0.6 is 0 Å². The third-order valence-corrected chi connectivity index (χ3v) is 8.12. The first-order chi connectivity index (χ1) is 15.4. The van der Waals surface area contributed by atoms with E-state index in [1.165, 1.54) is 16.4 Å². The standard InChI is InChI=1S/C24H30FN3O3S/c25-21-9-4-7-19(15-21)17-27-12-6-8-20(18-27)24(29)26-22-10-5-11-23(16-22)32(30,31)28-13-2-1-3-14-28/h4-5,7,9-11,15-16,20H,1-3,6,8,12-14,17-18H2,(H,26,29). The summed E-state index contributed by atoms with van der Waals surface area (Å²) in [6.45, 7) is 3.15. The molecule has 32 heavy (non-hydrogen) atoms. The molecule has 2 aromatic rings. The third-order valence-electron chi connectivity index (χ3n) is 6.23. The van der Waals surface area contributed by atoms with Crippen molar-refractivity contribution in [1.82, 2.24) is 9.21 Å². The molecule has 0 radical (unpaired) electrons. The van der Waals surface area contributed by atoms with Crippen LogP contribution in [0.25, 0.3) is 0 Å². The van der Waals surface area contributed by atoms with Gasteiger partial charge < -0.3 is 5.32 Å².